The summed E-state index contributed by atoms with van der Waals surface area (Å²) in [5.74, 6) is -0.616. The van der Waals surface area contributed by atoms with Crippen LogP contribution in [0.5, 0.6) is 0 Å². The number of rotatable bonds is 8. The first-order valence-electron chi connectivity index (χ1n) is 12.1. The average molecular weight is 496 g/mol. The van der Waals surface area contributed by atoms with Crippen molar-refractivity contribution in [1.82, 2.24) is 15.4 Å². The van der Waals surface area contributed by atoms with Gasteiger partial charge in [-0.15, -0.1) is 11.3 Å². The number of aryl methyl sites for hydroxylation is 1. The van der Waals surface area contributed by atoms with Crippen molar-refractivity contribution in [2.24, 2.45) is 5.92 Å². The lowest BCUT2D eigenvalue weighted by atomic mass is 9.91. The molecule has 0 bridgehead atoms. The number of amides is 2. The number of hydrogen-bond donors (Lipinski definition) is 2. The van der Waals surface area contributed by atoms with Crippen LogP contribution in [0.4, 0.5) is 0 Å². The van der Waals surface area contributed by atoms with E-state index in [1.807, 2.05) is 32.9 Å². The summed E-state index contributed by atoms with van der Waals surface area (Å²) in [6.07, 6.45) is 1.69. The molecule has 1 aliphatic rings. The number of aliphatic hydroxyl groups excluding tert-OH is 1. The van der Waals surface area contributed by atoms with Gasteiger partial charge < -0.3 is 19.8 Å². The third-order valence-corrected chi connectivity index (χ3v) is 7.79. The van der Waals surface area contributed by atoms with E-state index < -0.39 is 18.1 Å². The average Bonchev–Trinajstić information content (AvgIpc) is 3.59. The van der Waals surface area contributed by atoms with Gasteiger partial charge in [-0.3, -0.25) is 9.59 Å². The Morgan fingerprint density at radius 3 is 2.54 bits per heavy atom. The van der Waals surface area contributed by atoms with Crippen molar-refractivity contribution in [1.29, 1.82) is 0 Å². The molecule has 4 rings (SSSR count). The molecule has 3 aromatic rings. The van der Waals surface area contributed by atoms with E-state index in [0.717, 1.165) is 11.1 Å². The monoisotopic (exact) mass is 495 g/mol. The van der Waals surface area contributed by atoms with Gasteiger partial charge in [-0.25, -0.2) is 0 Å². The molecule has 1 fully saturated rings. The molecule has 1 saturated heterocycles. The number of nitrogens with zero attached hydrogens (tertiary/aromatic N) is 2. The Balaban J connectivity index is 1.50. The van der Waals surface area contributed by atoms with Gasteiger partial charge in [0.25, 0.3) is 0 Å². The zero-order chi connectivity index (χ0) is 25.1. The Hall–Kier alpha value is -2.97. The summed E-state index contributed by atoms with van der Waals surface area (Å²) < 4.78 is 5.28. The minimum absolute atomic E-state index is 0.0502. The molecule has 3 heterocycles. The number of aliphatic hydroxyl groups is 1. The molecule has 1 aromatic carbocycles. The van der Waals surface area contributed by atoms with E-state index in [2.05, 4.69) is 41.0 Å². The zero-order valence-corrected chi connectivity index (χ0v) is 21.4. The van der Waals surface area contributed by atoms with Crippen LogP contribution in [0.3, 0.4) is 0 Å². The Labute approximate surface area is 210 Å². The summed E-state index contributed by atoms with van der Waals surface area (Å²) in [5, 5.41) is 19.3. The van der Waals surface area contributed by atoms with Gasteiger partial charge >= 0.3 is 0 Å². The Morgan fingerprint density at radius 1 is 1.23 bits per heavy atom. The highest BCUT2D eigenvalue weighted by Gasteiger charge is 2.43. The van der Waals surface area contributed by atoms with Crippen LogP contribution in [0.1, 0.15) is 62.5 Å². The van der Waals surface area contributed by atoms with Crippen LogP contribution < -0.4 is 5.32 Å². The fraction of sp³-hybridized carbons (Fsp3) is 0.444. The van der Waals surface area contributed by atoms with E-state index in [0.29, 0.717) is 12.2 Å². The van der Waals surface area contributed by atoms with Crippen LogP contribution in [-0.4, -0.2) is 45.7 Å². The highest BCUT2D eigenvalue weighted by Crippen LogP contribution is 2.32. The van der Waals surface area contributed by atoms with Gasteiger partial charge in [0.05, 0.1) is 18.3 Å². The van der Waals surface area contributed by atoms with Gasteiger partial charge in [-0.1, -0.05) is 50.2 Å². The number of aromatic nitrogens is 1. The second kappa shape index (κ2) is 10.7. The summed E-state index contributed by atoms with van der Waals surface area (Å²) in [4.78, 5) is 29.6. The van der Waals surface area contributed by atoms with Crippen molar-refractivity contribution in [3.05, 3.63) is 64.9 Å². The summed E-state index contributed by atoms with van der Waals surface area (Å²) in [6, 6.07) is 11.1. The topological polar surface area (TPSA) is 95.7 Å². The number of benzene rings is 1. The number of thiophene rings is 1. The van der Waals surface area contributed by atoms with Crippen molar-refractivity contribution in [2.75, 3.05) is 6.54 Å². The fourth-order valence-corrected chi connectivity index (χ4v) is 5.76. The second-order valence-corrected chi connectivity index (χ2v) is 10.5. The van der Waals surface area contributed by atoms with E-state index in [4.69, 9.17) is 4.52 Å². The molecule has 0 radical (unpaired) electrons. The van der Waals surface area contributed by atoms with Crippen molar-refractivity contribution < 1.29 is 19.2 Å². The lowest BCUT2D eigenvalue weighted by Crippen LogP contribution is -2.48. The van der Waals surface area contributed by atoms with Gasteiger partial charge in [0, 0.05) is 23.9 Å². The molecule has 4 atom stereocenters. The quantitative estimate of drug-likeness (QED) is 0.473. The maximum absolute atomic E-state index is 13.5. The molecular weight excluding hydrogens is 462 g/mol. The fourth-order valence-electron chi connectivity index (χ4n) is 4.83. The number of hydrogen-bond acceptors (Lipinski definition) is 6. The predicted octanol–water partition coefficient (Wildman–Crippen LogP) is 4.68. The smallest absolute Gasteiger partial charge is 0.243 e. The third kappa shape index (κ3) is 5.33. The van der Waals surface area contributed by atoms with Crippen molar-refractivity contribution in [2.45, 2.75) is 64.6 Å². The highest BCUT2D eigenvalue weighted by atomic mass is 32.1. The van der Waals surface area contributed by atoms with E-state index in [-0.39, 0.29) is 36.7 Å². The van der Waals surface area contributed by atoms with E-state index in [9.17, 15) is 14.7 Å². The number of carbonyl (C=O) groups excluding carboxylic acids is 2. The van der Waals surface area contributed by atoms with Crippen LogP contribution in [0.2, 0.25) is 0 Å². The Kier molecular flexibility index (Phi) is 7.72. The first kappa shape index (κ1) is 25.1. The zero-order valence-electron chi connectivity index (χ0n) is 20.6. The lowest BCUT2D eigenvalue weighted by Gasteiger charge is -2.30. The molecule has 8 heteroatoms. The maximum Gasteiger partial charge on any atom is 0.243 e. The van der Waals surface area contributed by atoms with Crippen LogP contribution in [0.15, 0.2) is 52.5 Å². The summed E-state index contributed by atoms with van der Waals surface area (Å²) >= 11 is 1.71. The van der Waals surface area contributed by atoms with Crippen LogP contribution >= 0.6 is 11.3 Å². The molecule has 7 nitrogen and oxygen atoms in total. The number of β-amino-alcohol motifs (C(OH)–C–C–N with tert-alkyl or cyclic N) is 1. The minimum atomic E-state index is -0.745. The van der Waals surface area contributed by atoms with Crippen molar-refractivity contribution in [3.63, 3.8) is 0 Å². The van der Waals surface area contributed by atoms with E-state index >= 15 is 0 Å². The van der Waals surface area contributed by atoms with Crippen molar-refractivity contribution >= 4 is 23.2 Å². The molecule has 0 spiro atoms. The van der Waals surface area contributed by atoms with Gasteiger partial charge in [-0.2, -0.15) is 0 Å². The minimum Gasteiger partial charge on any atom is -0.391 e. The maximum atomic E-state index is 13.5. The molecule has 0 saturated carbocycles. The van der Waals surface area contributed by atoms with Gasteiger partial charge in [0.1, 0.15) is 17.7 Å². The molecule has 35 heavy (non-hydrogen) atoms. The molecule has 0 unspecified atom stereocenters. The normalized spacial score (nSPS) is 19.7. The van der Waals surface area contributed by atoms with E-state index in [1.54, 1.807) is 17.4 Å². The standard InChI is InChI=1S/C27H33N3O4S/c1-5-21(18-6-8-19(9-7-18)25-17(4)11-13-35-25)29-26(32)22-14-20(31)15-30(22)27(33)24(16(2)3)23-10-12-28-34-23/h6-13,16,20-22,24,31H,5,14-15H2,1-4H3,(H,29,32)/t20-,21+,22+,24-/m1/s1. The molecule has 186 valence electrons. The SMILES string of the molecule is CC[C@H](NC(=O)[C@@H]1C[C@@H](O)CN1C(=O)[C@@H](c1ccno1)C(C)C)c1ccc(-c2sccc2C)cc1. The predicted molar refractivity (Wildman–Crippen MR) is 136 cm³/mol. The molecule has 2 N–H and O–H groups in total. The highest BCUT2D eigenvalue weighted by molar-refractivity contribution is 7.13. The number of likely N-dealkylation sites (tertiary alicyclic amines) is 1. The van der Waals surface area contributed by atoms with E-state index in [1.165, 1.54) is 21.5 Å². The first-order chi connectivity index (χ1) is 16.8. The van der Waals surface area contributed by atoms with Crippen molar-refractivity contribution in [3.8, 4) is 10.4 Å². The van der Waals surface area contributed by atoms with Crippen LogP contribution in [0.25, 0.3) is 10.4 Å². The largest absolute Gasteiger partial charge is 0.391 e. The van der Waals surface area contributed by atoms with Crippen LogP contribution in [-0.2, 0) is 9.59 Å². The van der Waals surface area contributed by atoms with Gasteiger partial charge in [-0.05, 0) is 47.4 Å². The first-order valence-corrected chi connectivity index (χ1v) is 13.0. The molecule has 1 aliphatic heterocycles. The molecule has 2 amide bonds. The van der Waals surface area contributed by atoms with Gasteiger partial charge in [0.2, 0.25) is 11.8 Å². The molecule has 2 aromatic heterocycles. The third-order valence-electron chi connectivity index (χ3n) is 6.72. The Morgan fingerprint density at radius 2 is 1.97 bits per heavy atom. The van der Waals surface area contributed by atoms with Gasteiger partial charge in [0.15, 0.2) is 0 Å². The second-order valence-electron chi connectivity index (χ2n) is 9.56. The number of nitrogens with one attached hydrogen (secondary N) is 1. The summed E-state index contributed by atoms with van der Waals surface area (Å²) in [6.45, 7) is 8.11. The molecule has 0 aliphatic carbocycles. The summed E-state index contributed by atoms with van der Waals surface area (Å²) in [7, 11) is 0. The molecular formula is C27H33N3O4S. The number of carbonyl (C=O) groups is 2. The summed E-state index contributed by atoms with van der Waals surface area (Å²) in [5.41, 5.74) is 3.42. The van der Waals surface area contributed by atoms with Crippen LogP contribution in [0, 0.1) is 12.8 Å². The Bertz CT molecular complexity index is 1140. The lowest BCUT2D eigenvalue weighted by molar-refractivity contribution is -0.141.